The fourth-order valence-electron chi connectivity index (χ4n) is 5.96. The second-order valence-corrected chi connectivity index (χ2v) is 10.6. The number of hydrogen-bond donors (Lipinski definition) is 0. The van der Waals surface area contributed by atoms with Gasteiger partial charge < -0.3 is 9.64 Å². The largest absolute Gasteiger partial charge is 0.373 e. The van der Waals surface area contributed by atoms with Crippen molar-refractivity contribution in [1.29, 1.82) is 0 Å². The molecule has 4 fully saturated rings. The molecule has 0 unspecified atom stereocenters. The van der Waals surface area contributed by atoms with Crippen LogP contribution in [0.4, 0.5) is 11.6 Å². The Morgan fingerprint density at radius 3 is 1.79 bits per heavy atom. The van der Waals surface area contributed by atoms with E-state index >= 15 is 0 Å². The molecule has 0 saturated heterocycles. The van der Waals surface area contributed by atoms with Crippen molar-refractivity contribution in [3.63, 3.8) is 0 Å². The average Bonchev–Trinajstić information content (AvgIpc) is 2.66. The zero-order valence-electron chi connectivity index (χ0n) is 15.9. The Bertz CT molecular complexity index is 744. The summed E-state index contributed by atoms with van der Waals surface area (Å²) in [6, 6.07) is 8.10. The van der Waals surface area contributed by atoms with Gasteiger partial charge in [0.25, 0.3) is 0 Å². The smallest absolute Gasteiger partial charge is 0.134 e. The van der Waals surface area contributed by atoms with Crippen molar-refractivity contribution in [3.8, 4) is 0 Å². The molecule has 0 aromatic carbocycles. The van der Waals surface area contributed by atoms with Crippen LogP contribution in [0, 0.1) is 17.8 Å². The highest BCUT2D eigenvalue weighted by atomic mass is 79.9. The summed E-state index contributed by atoms with van der Waals surface area (Å²) in [5, 5.41) is 0. The third kappa shape index (κ3) is 3.88. The van der Waals surface area contributed by atoms with Crippen LogP contribution in [0.15, 0.2) is 45.6 Å². The predicted octanol–water partition coefficient (Wildman–Crippen LogP) is 6.13. The Morgan fingerprint density at radius 2 is 1.36 bits per heavy atom. The second-order valence-electron chi connectivity index (χ2n) is 8.77. The zero-order chi connectivity index (χ0) is 19.1. The summed E-state index contributed by atoms with van der Waals surface area (Å²) >= 11 is 6.95. The molecule has 0 atom stereocenters. The Labute approximate surface area is 183 Å². The highest BCUT2D eigenvalue weighted by Crippen LogP contribution is 2.57. The summed E-state index contributed by atoms with van der Waals surface area (Å²) in [5.41, 5.74) is 0.140. The maximum Gasteiger partial charge on any atom is 0.134 e. The highest BCUT2D eigenvalue weighted by Gasteiger charge is 2.51. The van der Waals surface area contributed by atoms with E-state index in [2.05, 4.69) is 46.7 Å². The molecule has 4 saturated carbocycles. The molecule has 4 aliphatic rings. The minimum Gasteiger partial charge on any atom is -0.373 e. The van der Waals surface area contributed by atoms with E-state index in [1.807, 2.05) is 36.7 Å². The Morgan fingerprint density at radius 1 is 0.857 bits per heavy atom. The highest BCUT2D eigenvalue weighted by molar-refractivity contribution is 9.10. The van der Waals surface area contributed by atoms with E-state index in [1.54, 1.807) is 0 Å². The quantitative estimate of drug-likeness (QED) is 0.472. The zero-order valence-corrected chi connectivity index (χ0v) is 19.0. The van der Waals surface area contributed by atoms with Gasteiger partial charge in [-0.1, -0.05) is 0 Å². The van der Waals surface area contributed by atoms with Crippen molar-refractivity contribution >= 4 is 43.5 Å². The van der Waals surface area contributed by atoms with Gasteiger partial charge in [0, 0.05) is 27.9 Å². The number of anilines is 2. The number of rotatable bonds is 6. The first kappa shape index (κ1) is 19.0. The first-order valence-electron chi connectivity index (χ1n) is 10.2. The first-order chi connectivity index (χ1) is 13.6. The second kappa shape index (κ2) is 7.69. The molecule has 2 aromatic heterocycles. The molecule has 4 nitrogen and oxygen atoms in total. The molecule has 148 valence electrons. The van der Waals surface area contributed by atoms with Gasteiger partial charge in [-0.15, -0.1) is 0 Å². The summed E-state index contributed by atoms with van der Waals surface area (Å²) in [6.07, 6.45) is 11.8. The molecule has 0 radical (unpaired) electrons. The molecule has 6 heteroatoms. The summed E-state index contributed by atoms with van der Waals surface area (Å²) in [5.74, 6) is 4.51. The molecule has 28 heavy (non-hydrogen) atoms. The molecular formula is C22H25Br2N3O. The Hall–Kier alpha value is -0.980. The molecule has 0 aliphatic heterocycles. The molecule has 0 amide bonds. The molecule has 2 aromatic rings. The maximum atomic E-state index is 6.65. The molecule has 6 rings (SSSR count). The van der Waals surface area contributed by atoms with Crippen molar-refractivity contribution in [2.24, 2.45) is 17.8 Å². The van der Waals surface area contributed by atoms with Gasteiger partial charge in [-0.05, 0) is 112 Å². The summed E-state index contributed by atoms with van der Waals surface area (Å²) in [7, 11) is 0. The van der Waals surface area contributed by atoms with Crippen molar-refractivity contribution in [2.75, 3.05) is 18.1 Å². The molecule has 4 bridgehead atoms. The summed E-state index contributed by atoms with van der Waals surface area (Å²) in [6.45, 7) is 1.46. The number of ether oxygens (including phenoxy) is 1. The van der Waals surface area contributed by atoms with E-state index in [4.69, 9.17) is 4.74 Å². The number of hydrogen-bond acceptors (Lipinski definition) is 4. The average molecular weight is 507 g/mol. The maximum absolute atomic E-state index is 6.65. The SMILES string of the molecule is Brc1ccc(N(CCOC23CC4CC(CC(C4)C2)C3)c2ccc(Br)cn2)nc1. The minimum atomic E-state index is 0.140. The van der Waals surface area contributed by atoms with Crippen LogP contribution in [0.25, 0.3) is 0 Å². The van der Waals surface area contributed by atoms with Gasteiger partial charge in [0.2, 0.25) is 0 Å². The molecule has 0 N–H and O–H groups in total. The lowest BCUT2D eigenvalue weighted by Crippen LogP contribution is -2.52. The normalized spacial score (nSPS) is 30.6. The molecule has 2 heterocycles. The number of halogens is 2. The summed E-state index contributed by atoms with van der Waals surface area (Å²) < 4.78 is 8.60. The monoisotopic (exact) mass is 505 g/mol. The standard InChI is InChI=1S/C22H25Br2N3O/c23-18-1-3-20(25-13-18)27(21-4-2-19(24)14-26-21)5-6-28-22-10-15-7-16(11-22)9-17(8-15)12-22/h1-4,13-17H,5-12H2. The van der Waals surface area contributed by atoms with Crippen LogP contribution in [0.2, 0.25) is 0 Å². The lowest BCUT2D eigenvalue weighted by atomic mass is 9.54. The first-order valence-corrected chi connectivity index (χ1v) is 11.8. The van der Waals surface area contributed by atoms with Crippen LogP contribution < -0.4 is 4.90 Å². The van der Waals surface area contributed by atoms with Gasteiger partial charge in [-0.2, -0.15) is 0 Å². The molecular weight excluding hydrogens is 482 g/mol. The fraction of sp³-hybridized carbons (Fsp3) is 0.545. The van der Waals surface area contributed by atoms with Crippen LogP contribution >= 0.6 is 31.9 Å². The van der Waals surface area contributed by atoms with Crippen LogP contribution in [0.5, 0.6) is 0 Å². The Balaban J connectivity index is 1.31. The number of pyridine rings is 2. The lowest BCUT2D eigenvalue weighted by Gasteiger charge is -2.56. The number of nitrogens with zero attached hydrogens (tertiary/aromatic N) is 3. The van der Waals surface area contributed by atoms with Crippen LogP contribution in [-0.4, -0.2) is 28.7 Å². The molecule has 4 aliphatic carbocycles. The topological polar surface area (TPSA) is 38.2 Å². The third-order valence-corrected chi connectivity index (χ3v) is 7.62. The van der Waals surface area contributed by atoms with Crippen molar-refractivity contribution < 1.29 is 4.74 Å². The van der Waals surface area contributed by atoms with E-state index in [-0.39, 0.29) is 5.60 Å². The van der Waals surface area contributed by atoms with Gasteiger partial charge in [0.1, 0.15) is 11.6 Å². The van der Waals surface area contributed by atoms with Crippen molar-refractivity contribution in [2.45, 2.75) is 44.1 Å². The lowest BCUT2D eigenvalue weighted by molar-refractivity contribution is -0.160. The minimum absolute atomic E-state index is 0.140. The molecule has 0 spiro atoms. The van der Waals surface area contributed by atoms with Crippen LogP contribution in [-0.2, 0) is 4.74 Å². The van der Waals surface area contributed by atoms with E-state index in [0.29, 0.717) is 6.61 Å². The van der Waals surface area contributed by atoms with Gasteiger partial charge >= 0.3 is 0 Å². The van der Waals surface area contributed by atoms with Crippen molar-refractivity contribution in [1.82, 2.24) is 9.97 Å². The van der Waals surface area contributed by atoms with Gasteiger partial charge in [0.15, 0.2) is 0 Å². The van der Waals surface area contributed by atoms with Crippen LogP contribution in [0.3, 0.4) is 0 Å². The number of aromatic nitrogens is 2. The van der Waals surface area contributed by atoms with E-state index in [1.165, 1.54) is 38.5 Å². The van der Waals surface area contributed by atoms with Gasteiger partial charge in [0.05, 0.1) is 12.2 Å². The van der Waals surface area contributed by atoms with Gasteiger partial charge in [-0.3, -0.25) is 0 Å². The van der Waals surface area contributed by atoms with E-state index in [9.17, 15) is 0 Å². The van der Waals surface area contributed by atoms with E-state index < -0.39 is 0 Å². The third-order valence-electron chi connectivity index (χ3n) is 6.68. The van der Waals surface area contributed by atoms with Gasteiger partial charge in [-0.25, -0.2) is 9.97 Å². The van der Waals surface area contributed by atoms with Crippen LogP contribution in [0.1, 0.15) is 38.5 Å². The summed E-state index contributed by atoms with van der Waals surface area (Å²) in [4.78, 5) is 11.3. The van der Waals surface area contributed by atoms with E-state index in [0.717, 1.165) is 44.9 Å². The predicted molar refractivity (Wildman–Crippen MR) is 118 cm³/mol. The van der Waals surface area contributed by atoms with Crippen molar-refractivity contribution in [3.05, 3.63) is 45.6 Å². The Kier molecular flexibility index (Phi) is 5.22. The fourth-order valence-corrected chi connectivity index (χ4v) is 6.43.